The number of carbonyl (C=O) groups excluding carboxylic acids is 1. The molecule has 0 aromatic carbocycles. The normalized spacial score (nSPS) is 12.5. The van der Waals surface area contributed by atoms with Gasteiger partial charge in [0.25, 0.3) is 0 Å². The number of hydrogen-bond donors (Lipinski definition) is 2. The molecule has 1 aromatic rings. The van der Waals surface area contributed by atoms with E-state index < -0.39 is 0 Å². The van der Waals surface area contributed by atoms with Crippen molar-refractivity contribution in [3.05, 3.63) is 17.0 Å². The molecule has 0 spiro atoms. The number of nitrogens with one attached hydrogen (secondary N) is 1. The Morgan fingerprint density at radius 1 is 1.50 bits per heavy atom. The van der Waals surface area contributed by atoms with Crippen LogP contribution in [0.1, 0.15) is 36.7 Å². The summed E-state index contributed by atoms with van der Waals surface area (Å²) >= 11 is 0. The first-order valence-electron chi connectivity index (χ1n) is 6.43. The summed E-state index contributed by atoms with van der Waals surface area (Å²) in [7, 11) is 1.93. The van der Waals surface area contributed by atoms with Crippen molar-refractivity contribution in [2.75, 3.05) is 6.54 Å². The van der Waals surface area contributed by atoms with Crippen LogP contribution in [0.5, 0.6) is 0 Å². The highest BCUT2D eigenvalue weighted by Crippen LogP contribution is 2.13. The molecule has 3 N–H and O–H groups in total. The Bertz CT molecular complexity index is 409. The van der Waals surface area contributed by atoms with Crippen LogP contribution in [-0.2, 0) is 18.3 Å². The number of hydrogen-bond acceptors (Lipinski definition) is 3. The molecule has 0 bridgehead atoms. The molecule has 0 aliphatic carbocycles. The van der Waals surface area contributed by atoms with Crippen LogP contribution in [0.3, 0.4) is 0 Å². The maximum atomic E-state index is 11.6. The highest BCUT2D eigenvalue weighted by atomic mass is 16.1. The molecule has 1 amide bonds. The zero-order chi connectivity index (χ0) is 13.7. The average molecular weight is 252 g/mol. The average Bonchev–Trinajstić information content (AvgIpc) is 2.50. The number of nitrogens with zero attached hydrogens (tertiary/aromatic N) is 2. The number of aryl methyl sites for hydroxylation is 2. The smallest absolute Gasteiger partial charge is 0.220 e. The molecule has 1 aromatic heterocycles. The second-order valence-electron chi connectivity index (χ2n) is 4.89. The van der Waals surface area contributed by atoms with Crippen molar-refractivity contribution in [1.82, 2.24) is 15.1 Å². The summed E-state index contributed by atoms with van der Waals surface area (Å²) in [6.07, 6.45) is 2.07. The first-order chi connectivity index (χ1) is 8.41. The van der Waals surface area contributed by atoms with Crippen molar-refractivity contribution >= 4 is 5.91 Å². The van der Waals surface area contributed by atoms with Crippen molar-refractivity contribution in [2.45, 2.75) is 46.1 Å². The van der Waals surface area contributed by atoms with Crippen molar-refractivity contribution in [1.29, 1.82) is 0 Å². The molecular formula is C13H24N4O. The van der Waals surface area contributed by atoms with Gasteiger partial charge in [-0.25, -0.2) is 0 Å². The topological polar surface area (TPSA) is 72.9 Å². The highest BCUT2D eigenvalue weighted by molar-refractivity contribution is 5.76. The second-order valence-corrected chi connectivity index (χ2v) is 4.89. The van der Waals surface area contributed by atoms with Crippen molar-refractivity contribution < 1.29 is 4.79 Å². The van der Waals surface area contributed by atoms with Crippen LogP contribution in [0.2, 0.25) is 0 Å². The lowest BCUT2D eigenvalue weighted by Crippen LogP contribution is -2.29. The number of nitrogens with two attached hydrogens (primary N) is 1. The molecule has 18 heavy (non-hydrogen) atoms. The minimum atomic E-state index is 0.0818. The third-order valence-electron chi connectivity index (χ3n) is 3.18. The maximum absolute atomic E-state index is 11.6. The lowest BCUT2D eigenvalue weighted by Gasteiger charge is -2.07. The summed E-state index contributed by atoms with van der Waals surface area (Å²) in [5, 5.41) is 7.23. The molecule has 1 heterocycles. The van der Waals surface area contributed by atoms with Gasteiger partial charge in [-0.05, 0) is 39.2 Å². The highest BCUT2D eigenvalue weighted by Gasteiger charge is 2.11. The molecule has 1 unspecified atom stereocenters. The van der Waals surface area contributed by atoms with E-state index in [0.29, 0.717) is 13.0 Å². The SMILES string of the molecule is Cc1nn(C)c(C)c1CCC(=O)NCCC(C)N. The summed E-state index contributed by atoms with van der Waals surface area (Å²) in [4.78, 5) is 11.6. The van der Waals surface area contributed by atoms with E-state index >= 15 is 0 Å². The third kappa shape index (κ3) is 4.14. The van der Waals surface area contributed by atoms with Crippen molar-refractivity contribution in [3.63, 3.8) is 0 Å². The minimum Gasteiger partial charge on any atom is -0.356 e. The van der Waals surface area contributed by atoms with Gasteiger partial charge in [-0.15, -0.1) is 0 Å². The van der Waals surface area contributed by atoms with Gasteiger partial charge in [-0.3, -0.25) is 9.48 Å². The fourth-order valence-electron chi connectivity index (χ4n) is 1.95. The van der Waals surface area contributed by atoms with Crippen LogP contribution in [0.25, 0.3) is 0 Å². The number of amides is 1. The van der Waals surface area contributed by atoms with Crippen LogP contribution >= 0.6 is 0 Å². The van der Waals surface area contributed by atoms with E-state index in [0.717, 1.165) is 24.2 Å². The monoisotopic (exact) mass is 252 g/mol. The van der Waals surface area contributed by atoms with E-state index in [9.17, 15) is 4.79 Å². The summed E-state index contributed by atoms with van der Waals surface area (Å²) in [5.74, 6) is 0.0818. The lowest BCUT2D eigenvalue weighted by molar-refractivity contribution is -0.121. The Morgan fingerprint density at radius 3 is 2.67 bits per heavy atom. The van der Waals surface area contributed by atoms with Gasteiger partial charge in [0.1, 0.15) is 0 Å². The summed E-state index contributed by atoms with van der Waals surface area (Å²) in [5.41, 5.74) is 8.95. The third-order valence-corrected chi connectivity index (χ3v) is 3.18. The summed E-state index contributed by atoms with van der Waals surface area (Å²) < 4.78 is 1.86. The predicted molar refractivity (Wildman–Crippen MR) is 72.3 cm³/mol. The van der Waals surface area contributed by atoms with Gasteiger partial charge in [0.15, 0.2) is 0 Å². The first kappa shape index (κ1) is 14.7. The van der Waals surface area contributed by atoms with Crippen LogP contribution in [0.15, 0.2) is 0 Å². The zero-order valence-corrected chi connectivity index (χ0v) is 11.8. The molecule has 0 aliphatic rings. The molecule has 0 aliphatic heterocycles. The summed E-state index contributed by atoms with van der Waals surface area (Å²) in [6.45, 7) is 6.61. The molecule has 102 valence electrons. The number of carbonyl (C=O) groups is 1. The molecular weight excluding hydrogens is 228 g/mol. The van der Waals surface area contributed by atoms with Crippen LogP contribution in [0, 0.1) is 13.8 Å². The van der Waals surface area contributed by atoms with E-state index in [4.69, 9.17) is 5.73 Å². The van der Waals surface area contributed by atoms with Crippen LogP contribution in [0.4, 0.5) is 0 Å². The largest absolute Gasteiger partial charge is 0.356 e. The van der Waals surface area contributed by atoms with Crippen LogP contribution < -0.4 is 11.1 Å². The minimum absolute atomic E-state index is 0.0818. The molecule has 5 nitrogen and oxygen atoms in total. The number of aromatic nitrogens is 2. The molecule has 0 saturated carbocycles. The van der Waals surface area contributed by atoms with Crippen molar-refractivity contribution in [2.24, 2.45) is 12.8 Å². The Balaban J connectivity index is 2.38. The van der Waals surface area contributed by atoms with E-state index in [1.165, 1.54) is 5.56 Å². The molecule has 0 radical (unpaired) electrons. The molecule has 1 atom stereocenters. The molecule has 0 saturated heterocycles. The molecule has 5 heteroatoms. The van der Waals surface area contributed by atoms with Gasteiger partial charge in [0.05, 0.1) is 5.69 Å². The van der Waals surface area contributed by atoms with Gasteiger partial charge in [0.2, 0.25) is 5.91 Å². The maximum Gasteiger partial charge on any atom is 0.220 e. The van der Waals surface area contributed by atoms with Gasteiger partial charge < -0.3 is 11.1 Å². The van der Waals surface area contributed by atoms with Gasteiger partial charge in [-0.2, -0.15) is 5.10 Å². The Kier molecular flexibility index (Phi) is 5.34. The molecule has 1 rings (SSSR count). The fraction of sp³-hybridized carbons (Fsp3) is 0.692. The van der Waals surface area contributed by atoms with E-state index in [-0.39, 0.29) is 11.9 Å². The zero-order valence-electron chi connectivity index (χ0n) is 11.8. The van der Waals surface area contributed by atoms with E-state index in [1.807, 2.05) is 32.5 Å². The van der Waals surface area contributed by atoms with Crippen LogP contribution in [-0.4, -0.2) is 28.3 Å². The van der Waals surface area contributed by atoms with E-state index in [1.54, 1.807) is 0 Å². The van der Waals surface area contributed by atoms with Gasteiger partial charge in [0, 0.05) is 31.7 Å². The predicted octanol–water partition coefficient (Wildman–Crippen LogP) is 0.823. The Morgan fingerprint density at radius 2 is 2.17 bits per heavy atom. The fourth-order valence-corrected chi connectivity index (χ4v) is 1.95. The Hall–Kier alpha value is -1.36. The molecule has 0 fully saturated rings. The summed E-state index contributed by atoms with van der Waals surface area (Å²) in [6, 6.07) is 0.133. The number of rotatable bonds is 6. The quantitative estimate of drug-likeness (QED) is 0.787. The lowest BCUT2D eigenvalue weighted by atomic mass is 10.1. The Labute approximate surface area is 109 Å². The van der Waals surface area contributed by atoms with E-state index in [2.05, 4.69) is 10.4 Å². The first-order valence-corrected chi connectivity index (χ1v) is 6.43. The van der Waals surface area contributed by atoms with Gasteiger partial charge >= 0.3 is 0 Å². The second kappa shape index (κ2) is 6.54. The van der Waals surface area contributed by atoms with Crippen molar-refractivity contribution in [3.8, 4) is 0 Å². The standard InChI is InChI=1S/C13H24N4O/c1-9(14)7-8-15-13(18)6-5-12-10(2)16-17(4)11(12)3/h9H,5-8,14H2,1-4H3,(H,15,18). The van der Waals surface area contributed by atoms with Gasteiger partial charge in [-0.1, -0.05) is 0 Å².